The minimum Gasteiger partial charge on any atom is -0.281 e. The van der Waals surface area contributed by atoms with E-state index in [9.17, 15) is 4.79 Å². The van der Waals surface area contributed by atoms with E-state index in [1.165, 1.54) is 44.9 Å². The second kappa shape index (κ2) is 4.65. The number of rotatable bonds is 3. The van der Waals surface area contributed by atoms with E-state index in [0.29, 0.717) is 5.92 Å². The third kappa shape index (κ3) is 2.31. The highest BCUT2D eigenvalue weighted by Gasteiger charge is 2.33. The summed E-state index contributed by atoms with van der Waals surface area (Å²) in [6.45, 7) is 0. The van der Waals surface area contributed by atoms with Gasteiger partial charge in [0, 0.05) is 5.92 Å². The van der Waals surface area contributed by atoms with Gasteiger partial charge < -0.3 is 0 Å². The molecule has 0 amide bonds. The molecule has 80 valence electrons. The van der Waals surface area contributed by atoms with Crippen molar-refractivity contribution in [3.05, 3.63) is 0 Å². The zero-order valence-electron chi connectivity index (χ0n) is 8.68. The summed E-state index contributed by atoms with van der Waals surface area (Å²) >= 11 is 5.63. The number of hydrogen-bond acceptors (Lipinski definition) is 1. The van der Waals surface area contributed by atoms with Crippen molar-refractivity contribution in [3.63, 3.8) is 0 Å². The molecule has 2 fully saturated rings. The predicted octanol–water partition coefficient (Wildman–Crippen LogP) is 3.75. The summed E-state index contributed by atoms with van der Waals surface area (Å²) in [5.74, 6) is 1.71. The normalized spacial score (nSPS) is 33.8. The molecule has 0 aliphatic heterocycles. The van der Waals surface area contributed by atoms with E-state index in [0.717, 1.165) is 12.3 Å². The van der Waals surface area contributed by atoms with E-state index < -0.39 is 0 Å². The van der Waals surface area contributed by atoms with E-state index >= 15 is 0 Å². The maximum atomic E-state index is 11.2. The largest absolute Gasteiger partial charge is 0.281 e. The molecule has 0 aromatic heterocycles. The number of hydrogen-bond donors (Lipinski definition) is 0. The van der Waals surface area contributed by atoms with Crippen LogP contribution >= 0.6 is 11.6 Å². The first-order chi connectivity index (χ1) is 6.77. The van der Waals surface area contributed by atoms with Gasteiger partial charge in [-0.2, -0.15) is 0 Å². The van der Waals surface area contributed by atoms with Gasteiger partial charge in [0.2, 0.25) is 5.24 Å². The van der Waals surface area contributed by atoms with Crippen LogP contribution in [0.25, 0.3) is 0 Å². The Hall–Kier alpha value is -0.0400. The van der Waals surface area contributed by atoms with E-state index in [4.69, 9.17) is 11.6 Å². The van der Waals surface area contributed by atoms with E-state index in [-0.39, 0.29) is 11.2 Å². The molecule has 2 saturated carbocycles. The molecule has 2 heteroatoms. The third-order valence-corrected chi connectivity index (χ3v) is 4.34. The molecule has 0 N–H and O–H groups in total. The van der Waals surface area contributed by atoms with Crippen LogP contribution in [-0.2, 0) is 4.79 Å². The van der Waals surface area contributed by atoms with Gasteiger partial charge in [-0.25, -0.2) is 0 Å². The lowest BCUT2D eigenvalue weighted by Crippen LogP contribution is -2.16. The van der Waals surface area contributed by atoms with Gasteiger partial charge in [-0.3, -0.25) is 4.79 Å². The first kappa shape index (κ1) is 10.5. The molecule has 0 radical (unpaired) electrons. The minimum absolute atomic E-state index is 0.0782. The van der Waals surface area contributed by atoms with Crippen LogP contribution in [0.3, 0.4) is 0 Å². The number of carbonyl (C=O) groups excluding carboxylic acids is 1. The van der Waals surface area contributed by atoms with Gasteiger partial charge in [0.1, 0.15) is 0 Å². The second-order valence-electron chi connectivity index (χ2n) is 4.99. The zero-order valence-corrected chi connectivity index (χ0v) is 9.43. The van der Waals surface area contributed by atoms with Gasteiger partial charge in [-0.05, 0) is 42.7 Å². The zero-order chi connectivity index (χ0) is 9.97. The molecule has 0 spiro atoms. The summed E-state index contributed by atoms with van der Waals surface area (Å²) in [5, 5.41) is -0.0782. The Morgan fingerprint density at radius 3 is 2.43 bits per heavy atom. The van der Waals surface area contributed by atoms with E-state index in [1.807, 2.05) is 0 Å². The summed E-state index contributed by atoms with van der Waals surface area (Å²) in [6.07, 6.45) is 10.3. The van der Waals surface area contributed by atoms with Crippen molar-refractivity contribution in [3.8, 4) is 0 Å². The molecular formula is C12H19ClO. The van der Waals surface area contributed by atoms with Gasteiger partial charge in [0.05, 0.1) is 0 Å². The van der Waals surface area contributed by atoms with E-state index in [1.54, 1.807) is 0 Å². The van der Waals surface area contributed by atoms with Crippen LogP contribution in [-0.4, -0.2) is 5.24 Å². The first-order valence-corrected chi connectivity index (χ1v) is 6.34. The molecule has 2 aliphatic carbocycles. The Kier molecular flexibility index (Phi) is 3.48. The lowest BCUT2D eigenvalue weighted by atomic mass is 9.86. The lowest BCUT2D eigenvalue weighted by Gasteiger charge is -2.19. The standard InChI is InChI=1S/C12H19ClO/c13-12(14)11-7-3-6-10(11)8-9-4-1-2-5-9/h9-11H,1-8H2/t10?,11-/m0/s1. The highest BCUT2D eigenvalue weighted by atomic mass is 35.5. The van der Waals surface area contributed by atoms with Crippen LogP contribution in [0.15, 0.2) is 0 Å². The maximum absolute atomic E-state index is 11.2. The van der Waals surface area contributed by atoms with Crippen molar-refractivity contribution in [2.45, 2.75) is 51.4 Å². The average molecular weight is 215 g/mol. The first-order valence-electron chi connectivity index (χ1n) is 5.96. The molecule has 0 bridgehead atoms. The predicted molar refractivity (Wildman–Crippen MR) is 58.3 cm³/mol. The fraction of sp³-hybridized carbons (Fsp3) is 0.917. The third-order valence-electron chi connectivity index (χ3n) is 4.06. The molecule has 0 saturated heterocycles. The molecule has 2 rings (SSSR count). The Balaban J connectivity index is 1.86. The van der Waals surface area contributed by atoms with Gasteiger partial charge in [0.25, 0.3) is 0 Å². The summed E-state index contributed by atoms with van der Waals surface area (Å²) in [5.41, 5.74) is 0. The van der Waals surface area contributed by atoms with Gasteiger partial charge in [-0.15, -0.1) is 0 Å². The summed E-state index contributed by atoms with van der Waals surface area (Å²) in [4.78, 5) is 11.2. The number of halogens is 1. The Morgan fingerprint density at radius 1 is 1.07 bits per heavy atom. The van der Waals surface area contributed by atoms with Gasteiger partial charge in [0.15, 0.2) is 0 Å². The SMILES string of the molecule is O=C(Cl)[C@H]1CCCC1CC1CCCC1. The molecule has 1 unspecified atom stereocenters. The summed E-state index contributed by atoms with van der Waals surface area (Å²) < 4.78 is 0. The lowest BCUT2D eigenvalue weighted by molar-refractivity contribution is -0.116. The van der Waals surface area contributed by atoms with Gasteiger partial charge in [-0.1, -0.05) is 32.1 Å². The van der Waals surface area contributed by atoms with Crippen LogP contribution in [0.2, 0.25) is 0 Å². The van der Waals surface area contributed by atoms with Crippen molar-refractivity contribution in [1.82, 2.24) is 0 Å². The molecule has 0 aromatic rings. The summed E-state index contributed by atoms with van der Waals surface area (Å²) in [7, 11) is 0. The highest BCUT2D eigenvalue weighted by Crippen LogP contribution is 2.41. The van der Waals surface area contributed by atoms with E-state index in [2.05, 4.69) is 0 Å². The summed E-state index contributed by atoms with van der Waals surface area (Å²) in [6, 6.07) is 0. The minimum atomic E-state index is -0.0782. The Bertz CT molecular complexity index is 208. The van der Waals surface area contributed by atoms with Crippen LogP contribution in [0, 0.1) is 17.8 Å². The monoisotopic (exact) mass is 214 g/mol. The molecule has 0 aromatic carbocycles. The molecular weight excluding hydrogens is 196 g/mol. The second-order valence-corrected chi connectivity index (χ2v) is 5.36. The Labute approximate surface area is 91.2 Å². The fourth-order valence-corrected chi connectivity index (χ4v) is 3.58. The molecule has 2 atom stereocenters. The van der Waals surface area contributed by atoms with Crippen LogP contribution in [0.5, 0.6) is 0 Å². The molecule has 1 nitrogen and oxygen atoms in total. The van der Waals surface area contributed by atoms with Crippen molar-refractivity contribution in [2.24, 2.45) is 17.8 Å². The van der Waals surface area contributed by atoms with Crippen LogP contribution in [0.4, 0.5) is 0 Å². The van der Waals surface area contributed by atoms with Gasteiger partial charge >= 0.3 is 0 Å². The number of carbonyl (C=O) groups is 1. The quantitative estimate of drug-likeness (QED) is 0.654. The van der Waals surface area contributed by atoms with Crippen molar-refractivity contribution in [2.75, 3.05) is 0 Å². The highest BCUT2D eigenvalue weighted by molar-refractivity contribution is 6.64. The maximum Gasteiger partial charge on any atom is 0.224 e. The smallest absolute Gasteiger partial charge is 0.224 e. The fourth-order valence-electron chi connectivity index (χ4n) is 3.29. The van der Waals surface area contributed by atoms with Crippen molar-refractivity contribution < 1.29 is 4.79 Å². The van der Waals surface area contributed by atoms with Crippen LogP contribution in [0.1, 0.15) is 51.4 Å². The van der Waals surface area contributed by atoms with Crippen LogP contribution < -0.4 is 0 Å². The average Bonchev–Trinajstić information content (AvgIpc) is 2.75. The Morgan fingerprint density at radius 2 is 1.79 bits per heavy atom. The topological polar surface area (TPSA) is 17.1 Å². The molecule has 0 heterocycles. The molecule has 14 heavy (non-hydrogen) atoms. The van der Waals surface area contributed by atoms with Crippen molar-refractivity contribution >= 4 is 16.8 Å². The van der Waals surface area contributed by atoms with Crippen molar-refractivity contribution in [1.29, 1.82) is 0 Å². The molecule has 2 aliphatic rings.